The van der Waals surface area contributed by atoms with Crippen LogP contribution < -0.4 is 11.2 Å². The van der Waals surface area contributed by atoms with Gasteiger partial charge in [0.05, 0.1) is 6.54 Å². The van der Waals surface area contributed by atoms with Gasteiger partial charge < -0.3 is 4.57 Å². The van der Waals surface area contributed by atoms with Gasteiger partial charge in [-0.2, -0.15) is 0 Å². The van der Waals surface area contributed by atoms with Gasteiger partial charge in [0.1, 0.15) is 0 Å². The van der Waals surface area contributed by atoms with E-state index in [1.165, 1.54) is 23.4 Å². The first kappa shape index (κ1) is 18.5. The van der Waals surface area contributed by atoms with E-state index in [2.05, 4.69) is 4.98 Å². The SMILES string of the molecule is CC=CCSc1nc2c(c(=O)n(C)c(=O)n2C)n1Cc1ccc(Cl)cc1. The molecule has 0 fully saturated rings. The Kier molecular flexibility index (Phi) is 5.38. The van der Waals surface area contributed by atoms with Crippen LogP contribution in [0.1, 0.15) is 12.5 Å². The predicted molar refractivity (Wildman–Crippen MR) is 106 cm³/mol. The van der Waals surface area contributed by atoms with E-state index in [1.54, 1.807) is 7.05 Å². The summed E-state index contributed by atoms with van der Waals surface area (Å²) in [5.74, 6) is 0.731. The summed E-state index contributed by atoms with van der Waals surface area (Å²) >= 11 is 7.49. The minimum Gasteiger partial charge on any atom is -0.309 e. The lowest BCUT2D eigenvalue weighted by molar-refractivity contribution is 0.696. The Morgan fingerprint density at radius 2 is 1.85 bits per heavy atom. The molecule has 0 saturated carbocycles. The summed E-state index contributed by atoms with van der Waals surface area (Å²) in [6, 6.07) is 7.47. The van der Waals surface area contributed by atoms with Gasteiger partial charge in [0.15, 0.2) is 16.3 Å². The van der Waals surface area contributed by atoms with E-state index in [0.717, 1.165) is 15.9 Å². The van der Waals surface area contributed by atoms with Crippen LogP contribution in [-0.4, -0.2) is 24.4 Å². The molecule has 0 saturated heterocycles. The highest BCUT2D eigenvalue weighted by Gasteiger charge is 2.19. The maximum atomic E-state index is 12.8. The van der Waals surface area contributed by atoms with Crippen LogP contribution in [0.5, 0.6) is 0 Å². The minimum absolute atomic E-state index is 0.345. The van der Waals surface area contributed by atoms with E-state index in [4.69, 9.17) is 11.6 Å². The fourth-order valence-corrected chi connectivity index (χ4v) is 3.70. The summed E-state index contributed by atoms with van der Waals surface area (Å²) in [4.78, 5) is 29.6. The number of allylic oxidation sites excluding steroid dienone is 1. The summed E-state index contributed by atoms with van der Waals surface area (Å²) in [6.45, 7) is 2.43. The first-order chi connectivity index (χ1) is 12.4. The largest absolute Gasteiger partial charge is 0.332 e. The molecule has 0 N–H and O–H groups in total. The average Bonchev–Trinajstić information content (AvgIpc) is 2.99. The number of benzene rings is 1. The molecule has 0 spiro atoms. The third-order valence-electron chi connectivity index (χ3n) is 4.11. The second-order valence-corrected chi connectivity index (χ2v) is 7.29. The molecule has 0 bridgehead atoms. The van der Waals surface area contributed by atoms with E-state index in [-0.39, 0.29) is 11.2 Å². The van der Waals surface area contributed by atoms with Crippen LogP contribution in [0.4, 0.5) is 0 Å². The van der Waals surface area contributed by atoms with E-state index in [1.807, 2.05) is 47.9 Å². The predicted octanol–water partition coefficient (Wildman–Crippen LogP) is 2.80. The Balaban J connectivity index is 2.22. The molecule has 3 rings (SSSR count). The van der Waals surface area contributed by atoms with Crippen LogP contribution in [0.2, 0.25) is 5.02 Å². The summed E-state index contributed by atoms with van der Waals surface area (Å²) in [6.07, 6.45) is 3.99. The van der Waals surface area contributed by atoms with Crippen molar-refractivity contribution < 1.29 is 0 Å². The lowest BCUT2D eigenvalue weighted by Crippen LogP contribution is -2.37. The van der Waals surface area contributed by atoms with E-state index < -0.39 is 0 Å². The zero-order valence-electron chi connectivity index (χ0n) is 14.8. The van der Waals surface area contributed by atoms with Gasteiger partial charge >= 0.3 is 5.69 Å². The van der Waals surface area contributed by atoms with E-state index >= 15 is 0 Å². The molecule has 2 heterocycles. The smallest absolute Gasteiger partial charge is 0.309 e. The molecule has 0 aliphatic carbocycles. The lowest BCUT2D eigenvalue weighted by Gasteiger charge is -2.09. The molecule has 26 heavy (non-hydrogen) atoms. The Labute approximate surface area is 159 Å². The van der Waals surface area contributed by atoms with Crippen molar-refractivity contribution in [2.24, 2.45) is 14.1 Å². The van der Waals surface area contributed by atoms with Crippen LogP contribution in [0.3, 0.4) is 0 Å². The highest BCUT2D eigenvalue weighted by Crippen LogP contribution is 2.23. The number of aryl methyl sites for hydroxylation is 1. The molecule has 8 heteroatoms. The number of nitrogens with zero attached hydrogens (tertiary/aromatic N) is 4. The first-order valence-corrected chi connectivity index (χ1v) is 9.45. The number of halogens is 1. The molecular formula is C18H19ClN4O2S. The highest BCUT2D eigenvalue weighted by atomic mass is 35.5. The average molecular weight is 391 g/mol. The summed E-state index contributed by atoms with van der Waals surface area (Å²) < 4.78 is 4.39. The molecule has 0 aliphatic rings. The van der Waals surface area contributed by atoms with Gasteiger partial charge in [-0.1, -0.05) is 47.6 Å². The fourth-order valence-electron chi connectivity index (χ4n) is 2.67. The Hall–Kier alpha value is -2.25. The van der Waals surface area contributed by atoms with Crippen molar-refractivity contribution in [1.82, 2.24) is 18.7 Å². The molecule has 136 valence electrons. The normalized spacial score (nSPS) is 11.7. The molecule has 2 aromatic heterocycles. The second-order valence-electron chi connectivity index (χ2n) is 5.87. The Morgan fingerprint density at radius 1 is 1.15 bits per heavy atom. The van der Waals surface area contributed by atoms with Crippen molar-refractivity contribution in [3.8, 4) is 0 Å². The number of imidazole rings is 1. The molecule has 3 aromatic rings. The minimum atomic E-state index is -0.386. The van der Waals surface area contributed by atoms with Crippen LogP contribution >= 0.6 is 23.4 Å². The molecule has 0 aliphatic heterocycles. The standard InChI is InChI=1S/C18H19ClN4O2S/c1-4-5-10-26-17-20-15-14(16(24)22(3)18(25)21(15)2)23(17)11-12-6-8-13(19)9-7-12/h4-9H,10-11H2,1-3H3. The topological polar surface area (TPSA) is 61.8 Å². The van der Waals surface area contributed by atoms with Crippen molar-refractivity contribution in [2.45, 2.75) is 18.6 Å². The molecule has 0 atom stereocenters. The van der Waals surface area contributed by atoms with Gasteiger partial charge in [-0.3, -0.25) is 13.9 Å². The zero-order chi connectivity index (χ0) is 18.8. The van der Waals surface area contributed by atoms with Crippen molar-refractivity contribution >= 4 is 34.5 Å². The van der Waals surface area contributed by atoms with Gasteiger partial charge in [-0.25, -0.2) is 9.78 Å². The molecule has 0 unspecified atom stereocenters. The van der Waals surface area contributed by atoms with E-state index in [9.17, 15) is 9.59 Å². The lowest BCUT2D eigenvalue weighted by atomic mass is 10.2. The van der Waals surface area contributed by atoms with Gasteiger partial charge in [-0.15, -0.1) is 0 Å². The Bertz CT molecular complexity index is 1090. The monoisotopic (exact) mass is 390 g/mol. The number of rotatable bonds is 5. The third kappa shape index (κ3) is 3.37. The summed E-state index contributed by atoms with van der Waals surface area (Å²) in [5, 5.41) is 1.36. The van der Waals surface area contributed by atoms with Crippen molar-refractivity contribution in [3.63, 3.8) is 0 Å². The highest BCUT2D eigenvalue weighted by molar-refractivity contribution is 7.99. The van der Waals surface area contributed by atoms with Crippen LogP contribution in [0.25, 0.3) is 11.2 Å². The molecule has 0 radical (unpaired) electrons. The van der Waals surface area contributed by atoms with Crippen molar-refractivity contribution in [3.05, 3.63) is 67.8 Å². The molecule has 6 nitrogen and oxygen atoms in total. The van der Waals surface area contributed by atoms with Gasteiger partial charge in [0.2, 0.25) is 0 Å². The van der Waals surface area contributed by atoms with Gasteiger partial charge in [0.25, 0.3) is 5.56 Å². The summed E-state index contributed by atoms with van der Waals surface area (Å²) in [5.41, 5.74) is 1.09. The van der Waals surface area contributed by atoms with Gasteiger partial charge in [0, 0.05) is 24.9 Å². The van der Waals surface area contributed by atoms with Crippen LogP contribution in [-0.2, 0) is 20.6 Å². The van der Waals surface area contributed by atoms with Gasteiger partial charge in [-0.05, 0) is 24.6 Å². The fraction of sp³-hybridized carbons (Fsp3) is 0.278. The number of thioether (sulfide) groups is 1. The van der Waals surface area contributed by atoms with E-state index in [0.29, 0.717) is 27.9 Å². The van der Waals surface area contributed by atoms with Crippen molar-refractivity contribution in [2.75, 3.05) is 5.75 Å². The number of aromatic nitrogens is 4. The molecule has 1 aromatic carbocycles. The number of fused-ring (bicyclic) bond motifs is 1. The quantitative estimate of drug-likeness (QED) is 0.496. The first-order valence-electron chi connectivity index (χ1n) is 8.08. The molecule has 0 amide bonds. The number of hydrogen-bond acceptors (Lipinski definition) is 4. The maximum absolute atomic E-state index is 12.8. The van der Waals surface area contributed by atoms with Crippen LogP contribution in [0, 0.1) is 0 Å². The van der Waals surface area contributed by atoms with Crippen LogP contribution in [0.15, 0.2) is 51.2 Å². The van der Waals surface area contributed by atoms with Crippen molar-refractivity contribution in [1.29, 1.82) is 0 Å². The summed E-state index contributed by atoms with van der Waals surface area (Å²) in [7, 11) is 3.11. The molecular weight excluding hydrogens is 372 g/mol. The third-order valence-corrected chi connectivity index (χ3v) is 5.29. The second kappa shape index (κ2) is 7.55. The Morgan fingerprint density at radius 3 is 2.50 bits per heavy atom. The zero-order valence-corrected chi connectivity index (χ0v) is 16.3. The number of hydrogen-bond donors (Lipinski definition) is 0. The maximum Gasteiger partial charge on any atom is 0.332 e.